The summed E-state index contributed by atoms with van der Waals surface area (Å²) in [4.78, 5) is 11.8. The lowest BCUT2D eigenvalue weighted by molar-refractivity contribution is -0.137. The van der Waals surface area contributed by atoms with Crippen molar-refractivity contribution in [1.82, 2.24) is 29.3 Å². The number of imidazole rings is 1. The number of alkyl halides is 3. The number of halogens is 3. The molecule has 4 heterocycles. The van der Waals surface area contributed by atoms with Gasteiger partial charge in [0.05, 0.1) is 39.7 Å². The van der Waals surface area contributed by atoms with Crippen LogP contribution in [0.3, 0.4) is 0 Å². The molecule has 2 aromatic carbocycles. The first kappa shape index (κ1) is 21.0. The Morgan fingerprint density at radius 1 is 1.00 bits per heavy atom. The Balaban J connectivity index is 1.43. The highest BCUT2D eigenvalue weighted by Crippen LogP contribution is 2.33. The van der Waals surface area contributed by atoms with E-state index in [1.54, 1.807) is 23.0 Å². The number of aromatic amines is 1. The van der Waals surface area contributed by atoms with E-state index in [9.17, 15) is 13.2 Å². The first-order valence-electron chi connectivity index (χ1n) is 10.7. The first-order chi connectivity index (χ1) is 16.8. The molecule has 35 heavy (non-hydrogen) atoms. The summed E-state index contributed by atoms with van der Waals surface area (Å²) < 4.78 is 43.1. The molecule has 7 nitrogen and oxygen atoms in total. The van der Waals surface area contributed by atoms with E-state index in [2.05, 4.69) is 20.1 Å². The van der Waals surface area contributed by atoms with Crippen molar-refractivity contribution in [3.63, 3.8) is 0 Å². The number of nitrogen functional groups attached to an aromatic ring is 1. The van der Waals surface area contributed by atoms with Gasteiger partial charge in [-0.05, 0) is 54.8 Å². The maximum Gasteiger partial charge on any atom is 0.416 e. The van der Waals surface area contributed by atoms with Gasteiger partial charge in [0.25, 0.3) is 0 Å². The molecule has 0 radical (unpaired) electrons. The van der Waals surface area contributed by atoms with Gasteiger partial charge in [0.2, 0.25) is 0 Å². The average molecular weight is 473 g/mol. The fraction of sp³-hybridized carbons (Fsp3) is 0.0800. The Morgan fingerprint density at radius 3 is 2.69 bits per heavy atom. The number of hydrogen-bond donors (Lipinski definition) is 2. The van der Waals surface area contributed by atoms with E-state index in [0.717, 1.165) is 45.6 Å². The van der Waals surface area contributed by atoms with Crippen molar-refractivity contribution in [2.75, 3.05) is 5.73 Å². The highest BCUT2D eigenvalue weighted by Gasteiger charge is 2.30. The normalized spacial score (nSPS) is 12.1. The molecule has 10 heteroatoms. The topological polar surface area (TPSA) is 90.3 Å². The molecule has 0 atom stereocenters. The molecular weight excluding hydrogens is 455 g/mol. The highest BCUT2D eigenvalue weighted by atomic mass is 19.4. The molecule has 0 aliphatic heterocycles. The monoisotopic (exact) mass is 473 g/mol. The second-order valence-electron chi connectivity index (χ2n) is 8.24. The van der Waals surface area contributed by atoms with E-state index < -0.39 is 11.7 Å². The third-order valence-corrected chi connectivity index (χ3v) is 5.95. The molecule has 0 bridgehead atoms. The highest BCUT2D eigenvalue weighted by molar-refractivity contribution is 5.87. The molecular formula is C25H18F3N7. The maximum atomic E-state index is 13.2. The fourth-order valence-electron chi connectivity index (χ4n) is 4.26. The number of nitrogens with one attached hydrogen (secondary N) is 1. The molecule has 0 fully saturated rings. The smallest absolute Gasteiger partial charge is 0.382 e. The minimum absolute atomic E-state index is 0.237. The summed E-state index contributed by atoms with van der Waals surface area (Å²) in [5.74, 6) is 1.23. The van der Waals surface area contributed by atoms with Crippen LogP contribution < -0.4 is 5.73 Å². The third-order valence-electron chi connectivity index (χ3n) is 5.95. The Kier molecular flexibility index (Phi) is 4.47. The average Bonchev–Trinajstić information content (AvgIpc) is 3.53. The number of fused-ring (bicyclic) bond motifs is 2. The van der Waals surface area contributed by atoms with E-state index in [4.69, 9.17) is 5.73 Å². The molecule has 0 aliphatic carbocycles. The summed E-state index contributed by atoms with van der Waals surface area (Å²) in [7, 11) is 0. The minimum Gasteiger partial charge on any atom is -0.382 e. The summed E-state index contributed by atoms with van der Waals surface area (Å²) in [5.41, 5.74) is 10.5. The van der Waals surface area contributed by atoms with Crippen molar-refractivity contribution in [2.24, 2.45) is 0 Å². The maximum absolute atomic E-state index is 13.2. The lowest BCUT2D eigenvalue weighted by Crippen LogP contribution is -2.05. The van der Waals surface area contributed by atoms with Crippen molar-refractivity contribution in [3.8, 4) is 22.6 Å². The van der Waals surface area contributed by atoms with Crippen molar-refractivity contribution < 1.29 is 13.2 Å². The van der Waals surface area contributed by atoms with Gasteiger partial charge in [-0.2, -0.15) is 18.3 Å². The molecule has 0 amide bonds. The largest absolute Gasteiger partial charge is 0.416 e. The van der Waals surface area contributed by atoms with Gasteiger partial charge in [0.1, 0.15) is 11.5 Å². The number of nitrogens with two attached hydrogens (primary N) is 1. The van der Waals surface area contributed by atoms with Crippen LogP contribution in [0.2, 0.25) is 0 Å². The zero-order chi connectivity index (χ0) is 24.3. The molecule has 0 saturated heterocycles. The zero-order valence-electron chi connectivity index (χ0n) is 18.4. The standard InChI is InChI=1S/C25H18F3N7/c1-14-32-19-5-4-18(12-21(19)33-14)35-24(29)23(13-31-35)34-9-7-15-2-3-16(10-22(15)34)20-11-17(6-8-30-20)25(26,27)28/h2-13H,29H2,1H3,(H,32,33). The number of H-pyrrole nitrogens is 1. The predicted molar refractivity (Wildman–Crippen MR) is 127 cm³/mol. The number of pyridine rings is 1. The van der Waals surface area contributed by atoms with Crippen LogP contribution >= 0.6 is 0 Å². The Morgan fingerprint density at radius 2 is 1.86 bits per heavy atom. The van der Waals surface area contributed by atoms with E-state index in [1.165, 1.54) is 6.20 Å². The lowest BCUT2D eigenvalue weighted by Gasteiger charge is -2.10. The first-order valence-corrected chi connectivity index (χ1v) is 10.7. The number of aromatic nitrogens is 6. The number of rotatable bonds is 3. The van der Waals surface area contributed by atoms with E-state index >= 15 is 0 Å². The van der Waals surface area contributed by atoms with E-state index in [0.29, 0.717) is 17.1 Å². The van der Waals surface area contributed by atoms with Gasteiger partial charge in [-0.25, -0.2) is 9.67 Å². The van der Waals surface area contributed by atoms with Gasteiger partial charge in [-0.15, -0.1) is 0 Å². The molecule has 6 rings (SSSR count). The number of nitrogens with zero attached hydrogens (tertiary/aromatic N) is 5. The zero-order valence-corrected chi connectivity index (χ0v) is 18.4. The fourth-order valence-corrected chi connectivity index (χ4v) is 4.26. The Labute approximate surface area is 196 Å². The van der Waals surface area contributed by atoms with Crippen LogP contribution in [0.25, 0.3) is 44.6 Å². The molecule has 6 aromatic rings. The number of aryl methyl sites for hydroxylation is 1. The van der Waals surface area contributed by atoms with Gasteiger partial charge in [0, 0.05) is 18.0 Å². The lowest BCUT2D eigenvalue weighted by atomic mass is 10.1. The van der Waals surface area contributed by atoms with Crippen LogP contribution in [0, 0.1) is 6.92 Å². The third kappa shape index (κ3) is 3.50. The molecule has 4 aromatic heterocycles. The van der Waals surface area contributed by atoms with E-state index in [1.807, 2.05) is 48.0 Å². The quantitative estimate of drug-likeness (QED) is 0.347. The molecule has 0 unspecified atom stereocenters. The van der Waals surface area contributed by atoms with Crippen molar-refractivity contribution in [2.45, 2.75) is 13.1 Å². The Bertz CT molecular complexity index is 1720. The molecule has 0 aliphatic rings. The van der Waals surface area contributed by atoms with Crippen LogP contribution in [0.1, 0.15) is 11.4 Å². The van der Waals surface area contributed by atoms with Crippen molar-refractivity contribution >= 4 is 27.8 Å². The SMILES string of the molecule is Cc1nc2ccc(-n3ncc(-n4ccc5ccc(-c6cc(C(F)(F)F)ccn6)cc54)c3N)cc2[nH]1. The van der Waals surface area contributed by atoms with Gasteiger partial charge < -0.3 is 15.3 Å². The Hall–Kier alpha value is -4.60. The predicted octanol–water partition coefficient (Wildman–Crippen LogP) is 5.66. The van der Waals surface area contributed by atoms with Crippen LogP contribution in [0.15, 0.2) is 73.2 Å². The van der Waals surface area contributed by atoms with Crippen molar-refractivity contribution in [3.05, 3.63) is 84.6 Å². The van der Waals surface area contributed by atoms with Gasteiger partial charge in [-0.3, -0.25) is 4.98 Å². The summed E-state index contributed by atoms with van der Waals surface area (Å²) >= 11 is 0. The van der Waals surface area contributed by atoms with Gasteiger partial charge in [0.15, 0.2) is 5.82 Å². The van der Waals surface area contributed by atoms with Gasteiger partial charge in [-0.1, -0.05) is 12.1 Å². The summed E-state index contributed by atoms with van der Waals surface area (Å²) in [6.07, 6.45) is 0.240. The van der Waals surface area contributed by atoms with Crippen LogP contribution in [-0.4, -0.2) is 29.3 Å². The van der Waals surface area contributed by atoms with Crippen LogP contribution in [0.5, 0.6) is 0 Å². The number of benzene rings is 2. The molecule has 3 N–H and O–H groups in total. The molecule has 0 spiro atoms. The molecule has 0 saturated carbocycles. The second kappa shape index (κ2) is 7.45. The molecule has 174 valence electrons. The summed E-state index contributed by atoms with van der Waals surface area (Å²) in [5, 5.41) is 5.39. The van der Waals surface area contributed by atoms with Gasteiger partial charge >= 0.3 is 6.18 Å². The van der Waals surface area contributed by atoms with Crippen LogP contribution in [-0.2, 0) is 6.18 Å². The van der Waals surface area contributed by atoms with E-state index in [-0.39, 0.29) is 5.69 Å². The number of anilines is 1. The summed E-state index contributed by atoms with van der Waals surface area (Å²) in [6, 6.07) is 15.0. The second-order valence-corrected chi connectivity index (χ2v) is 8.24. The number of hydrogen-bond acceptors (Lipinski definition) is 4. The van der Waals surface area contributed by atoms with Crippen molar-refractivity contribution in [1.29, 1.82) is 0 Å². The summed E-state index contributed by atoms with van der Waals surface area (Å²) in [6.45, 7) is 1.89. The van der Waals surface area contributed by atoms with Crippen LogP contribution in [0.4, 0.5) is 19.0 Å². The minimum atomic E-state index is -4.44.